The van der Waals surface area contributed by atoms with Crippen LogP contribution in [0.1, 0.15) is 85.2 Å². The van der Waals surface area contributed by atoms with Crippen LogP contribution >= 0.6 is 27.3 Å². The van der Waals surface area contributed by atoms with E-state index in [9.17, 15) is 4.79 Å². The molecule has 4 rings (SSSR count). The third-order valence-electron chi connectivity index (χ3n) is 5.98. The SMILES string of the molecule is CC(C)Oc1ccc(Br)cc1C=Nc1sc2c(c1C(=O)NC1CCCCC1)CCCC2. The molecule has 2 aromatic rings. The Bertz CT molecular complexity index is 961. The van der Waals surface area contributed by atoms with Gasteiger partial charge in [-0.05, 0) is 76.1 Å². The van der Waals surface area contributed by atoms with Gasteiger partial charge in [0.15, 0.2) is 0 Å². The van der Waals surface area contributed by atoms with E-state index in [1.807, 2.05) is 38.3 Å². The summed E-state index contributed by atoms with van der Waals surface area (Å²) in [6, 6.07) is 6.24. The van der Waals surface area contributed by atoms with E-state index >= 15 is 0 Å². The predicted molar refractivity (Wildman–Crippen MR) is 132 cm³/mol. The van der Waals surface area contributed by atoms with Crippen molar-refractivity contribution in [3.63, 3.8) is 0 Å². The summed E-state index contributed by atoms with van der Waals surface area (Å²) in [4.78, 5) is 19.5. The summed E-state index contributed by atoms with van der Waals surface area (Å²) in [7, 11) is 0. The zero-order valence-corrected chi connectivity index (χ0v) is 20.8. The fourth-order valence-corrected chi connectivity index (χ4v) is 6.10. The fraction of sp³-hybridized carbons (Fsp3) is 0.520. The van der Waals surface area contributed by atoms with Crippen LogP contribution in [-0.2, 0) is 12.8 Å². The van der Waals surface area contributed by atoms with Crippen molar-refractivity contribution < 1.29 is 9.53 Å². The molecule has 166 valence electrons. The van der Waals surface area contributed by atoms with Gasteiger partial charge in [0, 0.05) is 27.2 Å². The predicted octanol–water partition coefficient (Wildman–Crippen LogP) is 6.99. The number of aliphatic imine (C=N–C) groups is 1. The summed E-state index contributed by atoms with van der Waals surface area (Å²) in [5.74, 6) is 0.864. The molecule has 6 heteroatoms. The summed E-state index contributed by atoms with van der Waals surface area (Å²) in [5, 5.41) is 4.15. The zero-order chi connectivity index (χ0) is 21.8. The lowest BCUT2D eigenvalue weighted by Crippen LogP contribution is -2.36. The number of carbonyl (C=O) groups excluding carboxylic acids is 1. The molecule has 31 heavy (non-hydrogen) atoms. The maximum absolute atomic E-state index is 13.3. The van der Waals surface area contributed by atoms with Gasteiger partial charge in [-0.1, -0.05) is 35.2 Å². The van der Waals surface area contributed by atoms with E-state index < -0.39 is 0 Å². The van der Waals surface area contributed by atoms with Crippen LogP contribution in [-0.4, -0.2) is 24.3 Å². The van der Waals surface area contributed by atoms with Crippen molar-refractivity contribution in [2.24, 2.45) is 4.99 Å². The average Bonchev–Trinajstić information content (AvgIpc) is 3.13. The lowest BCUT2D eigenvalue weighted by atomic mass is 9.93. The monoisotopic (exact) mass is 502 g/mol. The number of ether oxygens (including phenoxy) is 1. The normalized spacial score (nSPS) is 17.2. The van der Waals surface area contributed by atoms with Crippen molar-refractivity contribution in [3.05, 3.63) is 44.2 Å². The Kier molecular flexibility index (Phi) is 7.49. The quantitative estimate of drug-likeness (QED) is 0.432. The molecule has 1 aromatic carbocycles. The molecule has 1 saturated carbocycles. The van der Waals surface area contributed by atoms with Crippen molar-refractivity contribution in [2.45, 2.75) is 83.8 Å². The van der Waals surface area contributed by atoms with Crippen LogP contribution in [0.4, 0.5) is 5.00 Å². The summed E-state index contributed by atoms with van der Waals surface area (Å²) >= 11 is 5.23. The molecule has 2 aliphatic rings. The van der Waals surface area contributed by atoms with Crippen molar-refractivity contribution in [1.29, 1.82) is 0 Å². The van der Waals surface area contributed by atoms with Gasteiger partial charge < -0.3 is 10.1 Å². The van der Waals surface area contributed by atoms with Crippen LogP contribution in [0.5, 0.6) is 5.75 Å². The first-order chi connectivity index (χ1) is 15.0. The summed E-state index contributed by atoms with van der Waals surface area (Å²) in [6.07, 6.45) is 12.2. The van der Waals surface area contributed by atoms with Crippen LogP contribution in [0, 0.1) is 0 Å². The number of nitrogens with one attached hydrogen (secondary N) is 1. The Morgan fingerprint density at radius 1 is 1.19 bits per heavy atom. The first-order valence-corrected chi connectivity index (χ1v) is 13.1. The number of thiophene rings is 1. The lowest BCUT2D eigenvalue weighted by molar-refractivity contribution is 0.0927. The van der Waals surface area contributed by atoms with Crippen molar-refractivity contribution in [3.8, 4) is 5.75 Å². The molecule has 0 spiro atoms. The first-order valence-electron chi connectivity index (χ1n) is 11.5. The number of rotatable bonds is 6. The highest BCUT2D eigenvalue weighted by molar-refractivity contribution is 9.10. The van der Waals surface area contributed by atoms with Crippen molar-refractivity contribution >= 4 is 44.4 Å². The number of fused-ring (bicyclic) bond motifs is 1. The van der Waals surface area contributed by atoms with Gasteiger partial charge in [-0.25, -0.2) is 4.99 Å². The van der Waals surface area contributed by atoms with E-state index in [2.05, 4.69) is 21.2 Å². The zero-order valence-electron chi connectivity index (χ0n) is 18.4. The summed E-state index contributed by atoms with van der Waals surface area (Å²) in [5.41, 5.74) is 2.94. The van der Waals surface area contributed by atoms with Crippen LogP contribution < -0.4 is 10.1 Å². The fourth-order valence-electron chi connectivity index (χ4n) is 4.49. The first kappa shape index (κ1) is 22.5. The standard InChI is InChI=1S/C25H31BrN2O2S/c1-16(2)30-21-13-12-18(26)14-17(21)15-27-25-23(20-10-6-7-11-22(20)31-25)24(29)28-19-8-4-3-5-9-19/h12-16,19H,3-11H2,1-2H3,(H,28,29). The summed E-state index contributed by atoms with van der Waals surface area (Å²) in [6.45, 7) is 4.04. The topological polar surface area (TPSA) is 50.7 Å². The lowest BCUT2D eigenvalue weighted by Gasteiger charge is -2.23. The van der Waals surface area contributed by atoms with E-state index in [0.717, 1.165) is 58.5 Å². The number of carbonyl (C=O) groups is 1. The molecular weight excluding hydrogens is 472 g/mol. The molecule has 1 aromatic heterocycles. The summed E-state index contributed by atoms with van der Waals surface area (Å²) < 4.78 is 6.94. The largest absolute Gasteiger partial charge is 0.490 e. The Balaban J connectivity index is 1.65. The van der Waals surface area contributed by atoms with Gasteiger partial charge in [-0.15, -0.1) is 11.3 Å². The molecule has 1 amide bonds. The Labute approximate surface area is 197 Å². The molecule has 0 radical (unpaired) electrons. The highest BCUT2D eigenvalue weighted by Crippen LogP contribution is 2.40. The second-order valence-electron chi connectivity index (χ2n) is 8.81. The van der Waals surface area contributed by atoms with Gasteiger partial charge in [0.05, 0.1) is 11.7 Å². The Hall–Kier alpha value is -1.66. The molecule has 0 saturated heterocycles. The molecule has 1 heterocycles. The molecule has 0 atom stereocenters. The number of hydrogen-bond donors (Lipinski definition) is 1. The molecule has 2 aliphatic carbocycles. The van der Waals surface area contributed by atoms with Crippen LogP contribution in [0.2, 0.25) is 0 Å². The van der Waals surface area contributed by atoms with E-state index in [1.54, 1.807) is 11.3 Å². The molecule has 0 aliphatic heterocycles. The van der Waals surface area contributed by atoms with Gasteiger partial charge in [0.1, 0.15) is 10.8 Å². The van der Waals surface area contributed by atoms with Gasteiger partial charge in [-0.3, -0.25) is 4.79 Å². The average molecular weight is 504 g/mol. The van der Waals surface area contributed by atoms with Gasteiger partial charge >= 0.3 is 0 Å². The number of amides is 1. The third kappa shape index (κ3) is 5.58. The Morgan fingerprint density at radius 3 is 2.74 bits per heavy atom. The Morgan fingerprint density at radius 2 is 1.97 bits per heavy atom. The van der Waals surface area contributed by atoms with Crippen LogP contribution in [0.3, 0.4) is 0 Å². The second-order valence-corrected chi connectivity index (χ2v) is 10.8. The smallest absolute Gasteiger partial charge is 0.254 e. The number of aryl methyl sites for hydroxylation is 1. The van der Waals surface area contributed by atoms with E-state index in [0.29, 0.717) is 6.04 Å². The maximum atomic E-state index is 13.3. The molecule has 4 nitrogen and oxygen atoms in total. The minimum absolute atomic E-state index is 0.0614. The van der Waals surface area contributed by atoms with Crippen LogP contribution in [0.15, 0.2) is 27.7 Å². The van der Waals surface area contributed by atoms with Crippen LogP contribution in [0.25, 0.3) is 0 Å². The van der Waals surface area contributed by atoms with E-state index in [-0.39, 0.29) is 12.0 Å². The van der Waals surface area contributed by atoms with E-state index in [4.69, 9.17) is 9.73 Å². The number of halogens is 1. The number of hydrogen-bond acceptors (Lipinski definition) is 4. The van der Waals surface area contributed by atoms with Crippen molar-refractivity contribution in [1.82, 2.24) is 5.32 Å². The molecule has 1 N–H and O–H groups in total. The molecule has 1 fully saturated rings. The van der Waals surface area contributed by atoms with Gasteiger partial charge in [-0.2, -0.15) is 0 Å². The highest BCUT2D eigenvalue weighted by Gasteiger charge is 2.27. The van der Waals surface area contributed by atoms with Gasteiger partial charge in [0.25, 0.3) is 5.91 Å². The number of benzene rings is 1. The number of nitrogens with zero attached hydrogens (tertiary/aromatic N) is 1. The third-order valence-corrected chi connectivity index (χ3v) is 7.67. The molecular formula is C25H31BrN2O2S. The van der Waals surface area contributed by atoms with Crippen molar-refractivity contribution in [2.75, 3.05) is 0 Å². The molecule has 0 unspecified atom stereocenters. The minimum atomic E-state index is 0.0614. The van der Waals surface area contributed by atoms with E-state index in [1.165, 1.54) is 36.1 Å². The molecule has 0 bridgehead atoms. The highest BCUT2D eigenvalue weighted by atomic mass is 79.9. The van der Waals surface area contributed by atoms with Gasteiger partial charge in [0.2, 0.25) is 0 Å². The maximum Gasteiger partial charge on any atom is 0.254 e. The second kappa shape index (κ2) is 10.3. The minimum Gasteiger partial charge on any atom is -0.490 e.